The Balaban J connectivity index is 1.50. The predicted molar refractivity (Wildman–Crippen MR) is 123 cm³/mol. The predicted octanol–water partition coefficient (Wildman–Crippen LogP) is 4.39. The number of hydrogen-bond acceptors (Lipinski definition) is 4. The van der Waals surface area contributed by atoms with Gasteiger partial charge in [-0.25, -0.2) is 4.79 Å². The Bertz CT molecular complexity index is 983. The van der Waals surface area contributed by atoms with Crippen LogP contribution < -0.4 is 10.1 Å². The number of fused-ring (bicyclic) bond motifs is 3. The molecule has 3 atom stereocenters. The summed E-state index contributed by atoms with van der Waals surface area (Å²) in [5.41, 5.74) is 2.28. The first-order chi connectivity index (χ1) is 15.2. The number of carbonyl (C=O) groups excluding carboxylic acids is 2. The highest BCUT2D eigenvalue weighted by molar-refractivity contribution is 5.97. The van der Waals surface area contributed by atoms with Gasteiger partial charge >= 0.3 is 6.09 Å². The molecule has 0 aliphatic carbocycles. The Morgan fingerprint density at radius 2 is 1.91 bits per heavy atom. The number of hydrogen-bond donors (Lipinski definition) is 1. The summed E-state index contributed by atoms with van der Waals surface area (Å²) >= 11 is 0. The molecule has 2 amide bonds. The third kappa shape index (κ3) is 5.06. The lowest BCUT2D eigenvalue weighted by molar-refractivity contribution is 0.0287. The second-order valence-corrected chi connectivity index (χ2v) is 9.83. The van der Waals surface area contributed by atoms with Crippen molar-refractivity contribution in [2.45, 2.75) is 51.7 Å². The smallest absolute Gasteiger partial charge is 0.410 e. The van der Waals surface area contributed by atoms with Gasteiger partial charge in [0.15, 0.2) is 0 Å². The van der Waals surface area contributed by atoms with E-state index in [4.69, 9.17) is 9.47 Å². The number of carbonyl (C=O) groups is 2. The van der Waals surface area contributed by atoms with E-state index in [9.17, 15) is 9.59 Å². The van der Waals surface area contributed by atoms with Gasteiger partial charge in [-0.15, -0.1) is 0 Å². The van der Waals surface area contributed by atoms with Gasteiger partial charge in [-0.3, -0.25) is 4.79 Å². The van der Waals surface area contributed by atoms with Gasteiger partial charge in [0.05, 0.1) is 6.10 Å². The lowest BCUT2D eigenvalue weighted by Crippen LogP contribution is -2.36. The molecule has 1 N–H and O–H groups in total. The minimum atomic E-state index is -0.531. The number of amides is 2. The number of rotatable bonds is 4. The molecule has 4 rings (SSSR count). The van der Waals surface area contributed by atoms with Crippen LogP contribution in [0.2, 0.25) is 0 Å². The molecule has 6 nitrogen and oxygen atoms in total. The first kappa shape index (κ1) is 22.2. The molecule has 2 aliphatic rings. The third-order valence-corrected chi connectivity index (χ3v) is 5.99. The molecule has 2 heterocycles. The van der Waals surface area contributed by atoms with Crippen molar-refractivity contribution < 1.29 is 19.1 Å². The molecule has 32 heavy (non-hydrogen) atoms. The van der Waals surface area contributed by atoms with Crippen molar-refractivity contribution in [3.05, 3.63) is 65.2 Å². The lowest BCUT2D eigenvalue weighted by atomic mass is 9.87. The number of ether oxygens (including phenoxy) is 2. The molecule has 6 heteroatoms. The molecule has 0 spiro atoms. The van der Waals surface area contributed by atoms with Crippen LogP contribution in [0.3, 0.4) is 0 Å². The molecule has 1 saturated heterocycles. The minimum absolute atomic E-state index is 0.0221. The zero-order valence-corrected chi connectivity index (χ0v) is 19.3. The van der Waals surface area contributed by atoms with Crippen molar-refractivity contribution in [3.63, 3.8) is 0 Å². The Labute approximate surface area is 189 Å². The normalized spacial score (nSPS) is 21.1. The fourth-order valence-electron chi connectivity index (χ4n) is 4.57. The molecule has 1 fully saturated rings. The zero-order chi connectivity index (χ0) is 22.9. The second-order valence-electron chi connectivity index (χ2n) is 9.83. The molecule has 2 aliphatic heterocycles. The maximum absolute atomic E-state index is 12.8. The Hall–Kier alpha value is -3.02. The highest BCUT2D eigenvalue weighted by Gasteiger charge is 2.41. The van der Waals surface area contributed by atoms with Crippen LogP contribution in [-0.4, -0.2) is 48.2 Å². The fourth-order valence-corrected chi connectivity index (χ4v) is 4.57. The first-order valence-electron chi connectivity index (χ1n) is 11.3. The van der Waals surface area contributed by atoms with E-state index < -0.39 is 5.60 Å². The molecular formula is C26H32N2O4. The van der Waals surface area contributed by atoms with Crippen molar-refractivity contribution in [2.24, 2.45) is 5.92 Å². The molecule has 0 bridgehead atoms. The molecule has 2 aromatic carbocycles. The van der Waals surface area contributed by atoms with Crippen LogP contribution in [0.4, 0.5) is 4.79 Å². The molecule has 170 valence electrons. The topological polar surface area (TPSA) is 67.9 Å². The summed E-state index contributed by atoms with van der Waals surface area (Å²) in [6.07, 6.45) is 0.471. The van der Waals surface area contributed by atoms with Crippen LogP contribution in [0.15, 0.2) is 48.5 Å². The van der Waals surface area contributed by atoms with Crippen LogP contribution >= 0.6 is 0 Å². The van der Waals surface area contributed by atoms with E-state index in [0.717, 1.165) is 12.0 Å². The molecule has 2 aromatic rings. The van der Waals surface area contributed by atoms with Crippen LogP contribution in [0.25, 0.3) is 0 Å². The summed E-state index contributed by atoms with van der Waals surface area (Å²) in [4.78, 5) is 27.1. The third-order valence-electron chi connectivity index (χ3n) is 5.99. The van der Waals surface area contributed by atoms with Crippen molar-refractivity contribution in [1.29, 1.82) is 0 Å². The highest BCUT2D eigenvalue weighted by atomic mass is 16.6. The van der Waals surface area contributed by atoms with E-state index in [1.54, 1.807) is 4.90 Å². The van der Waals surface area contributed by atoms with Crippen LogP contribution in [0.5, 0.6) is 5.75 Å². The Morgan fingerprint density at radius 3 is 2.62 bits per heavy atom. The maximum Gasteiger partial charge on any atom is 0.410 e. The summed E-state index contributed by atoms with van der Waals surface area (Å²) in [6, 6.07) is 16.0. The lowest BCUT2D eigenvalue weighted by Gasteiger charge is -2.24. The SMILES string of the molecule is C[C@H](Cc1ccccc1)Oc1ccc2c(c1)C(=O)NC[C@H]1CN(C(=O)OC(C)(C)C)C[C@H]21. The Kier molecular flexibility index (Phi) is 6.13. The van der Waals surface area contributed by atoms with Gasteiger partial charge in [0, 0.05) is 43.5 Å². The van der Waals surface area contributed by atoms with Crippen molar-refractivity contribution in [3.8, 4) is 5.75 Å². The van der Waals surface area contributed by atoms with Gasteiger partial charge in [0.2, 0.25) is 0 Å². The zero-order valence-electron chi connectivity index (χ0n) is 19.3. The number of likely N-dealkylation sites (tertiary alicyclic amines) is 1. The molecule has 0 radical (unpaired) electrons. The quantitative estimate of drug-likeness (QED) is 0.772. The van der Waals surface area contributed by atoms with E-state index in [1.807, 2.05) is 64.1 Å². The van der Waals surface area contributed by atoms with E-state index >= 15 is 0 Å². The maximum atomic E-state index is 12.8. The molecule has 0 aromatic heterocycles. The first-order valence-corrected chi connectivity index (χ1v) is 11.3. The number of nitrogens with one attached hydrogen (secondary N) is 1. The average Bonchev–Trinajstić information content (AvgIpc) is 3.11. The van der Waals surface area contributed by atoms with Gasteiger partial charge in [0.1, 0.15) is 11.4 Å². The van der Waals surface area contributed by atoms with Crippen molar-refractivity contribution in [1.82, 2.24) is 10.2 Å². The molecule has 0 saturated carbocycles. The van der Waals surface area contributed by atoms with Gasteiger partial charge in [-0.2, -0.15) is 0 Å². The van der Waals surface area contributed by atoms with Gasteiger partial charge in [0.25, 0.3) is 5.91 Å². The summed E-state index contributed by atoms with van der Waals surface area (Å²) < 4.78 is 11.7. The second kappa shape index (κ2) is 8.85. The summed E-state index contributed by atoms with van der Waals surface area (Å²) in [5, 5.41) is 3.03. The molecule has 0 unspecified atom stereocenters. The average molecular weight is 437 g/mol. The van der Waals surface area contributed by atoms with E-state index in [1.165, 1.54) is 5.56 Å². The molecular weight excluding hydrogens is 404 g/mol. The van der Waals surface area contributed by atoms with Crippen LogP contribution in [0, 0.1) is 5.92 Å². The number of benzene rings is 2. The summed E-state index contributed by atoms with van der Waals surface area (Å²) in [6.45, 7) is 9.30. The highest BCUT2D eigenvalue weighted by Crippen LogP contribution is 2.38. The minimum Gasteiger partial charge on any atom is -0.490 e. The fraction of sp³-hybridized carbons (Fsp3) is 0.462. The standard InChI is InChI=1S/C26H32N2O4/c1-17(12-18-8-6-5-7-9-18)31-20-10-11-21-22(13-20)24(29)27-14-19-15-28(16-23(19)21)25(30)32-26(2,3)4/h5-11,13,17,19,23H,12,14-16H2,1-4H3,(H,27,29)/t17-,19+,23+/m1/s1. The summed E-state index contributed by atoms with van der Waals surface area (Å²) in [5.74, 6) is 0.853. The van der Waals surface area contributed by atoms with Gasteiger partial charge < -0.3 is 19.7 Å². The largest absolute Gasteiger partial charge is 0.490 e. The van der Waals surface area contributed by atoms with Gasteiger partial charge in [-0.05, 0) is 51.0 Å². The Morgan fingerprint density at radius 1 is 1.16 bits per heavy atom. The summed E-state index contributed by atoms with van der Waals surface area (Å²) in [7, 11) is 0. The van der Waals surface area contributed by atoms with Crippen LogP contribution in [0.1, 0.15) is 55.1 Å². The van der Waals surface area contributed by atoms with E-state index in [2.05, 4.69) is 17.4 Å². The monoisotopic (exact) mass is 436 g/mol. The number of nitrogens with zero attached hydrogens (tertiary/aromatic N) is 1. The van der Waals surface area contributed by atoms with Crippen LogP contribution in [-0.2, 0) is 11.2 Å². The van der Waals surface area contributed by atoms with Crippen molar-refractivity contribution in [2.75, 3.05) is 19.6 Å². The van der Waals surface area contributed by atoms with E-state index in [0.29, 0.717) is 30.9 Å². The van der Waals surface area contributed by atoms with Crippen molar-refractivity contribution >= 4 is 12.0 Å². The van der Waals surface area contributed by atoms with E-state index in [-0.39, 0.29) is 29.9 Å². The van der Waals surface area contributed by atoms with Gasteiger partial charge in [-0.1, -0.05) is 36.4 Å².